The van der Waals surface area contributed by atoms with Crippen molar-refractivity contribution in [3.8, 4) is 5.75 Å². The van der Waals surface area contributed by atoms with E-state index in [0.29, 0.717) is 12.1 Å². The van der Waals surface area contributed by atoms with Crippen LogP contribution in [0.1, 0.15) is 35.2 Å². The first-order chi connectivity index (χ1) is 9.58. The second-order valence-electron chi connectivity index (χ2n) is 5.28. The van der Waals surface area contributed by atoms with E-state index < -0.39 is 0 Å². The minimum atomic E-state index is 0.321. The van der Waals surface area contributed by atoms with Gasteiger partial charge in [-0.3, -0.25) is 0 Å². The van der Waals surface area contributed by atoms with Crippen molar-refractivity contribution < 1.29 is 4.74 Å². The highest BCUT2D eigenvalue weighted by molar-refractivity contribution is 7.11. The molecule has 0 aliphatic heterocycles. The summed E-state index contributed by atoms with van der Waals surface area (Å²) in [7, 11) is 1.71. The van der Waals surface area contributed by atoms with Crippen molar-refractivity contribution >= 4 is 11.3 Å². The van der Waals surface area contributed by atoms with E-state index in [9.17, 15) is 0 Å². The summed E-state index contributed by atoms with van der Waals surface area (Å²) in [5.74, 6) is 0.915. The van der Waals surface area contributed by atoms with E-state index in [1.54, 1.807) is 7.11 Å². The topological polar surface area (TPSA) is 21.3 Å². The van der Waals surface area contributed by atoms with Gasteiger partial charge in [0.1, 0.15) is 5.75 Å². The van der Waals surface area contributed by atoms with Crippen molar-refractivity contribution in [3.05, 3.63) is 51.7 Å². The average molecular weight is 289 g/mol. The second-order valence-corrected chi connectivity index (χ2v) is 6.65. The lowest BCUT2D eigenvalue weighted by Gasteiger charge is -2.20. The Morgan fingerprint density at radius 2 is 2.00 bits per heavy atom. The first-order valence-electron chi connectivity index (χ1n) is 7.04. The molecule has 2 rings (SSSR count). The molecule has 2 unspecified atom stereocenters. The van der Waals surface area contributed by atoms with Gasteiger partial charge in [0.15, 0.2) is 0 Å². The zero-order valence-corrected chi connectivity index (χ0v) is 13.5. The van der Waals surface area contributed by atoms with Crippen LogP contribution in [0.25, 0.3) is 0 Å². The van der Waals surface area contributed by atoms with Crippen LogP contribution in [0.3, 0.4) is 0 Å². The van der Waals surface area contributed by atoms with Gasteiger partial charge in [0.25, 0.3) is 0 Å². The van der Waals surface area contributed by atoms with Gasteiger partial charge in [-0.25, -0.2) is 0 Å². The van der Waals surface area contributed by atoms with Crippen molar-refractivity contribution in [2.75, 3.05) is 7.11 Å². The molecule has 1 N–H and O–H groups in total. The molecule has 0 aliphatic carbocycles. The smallest absolute Gasteiger partial charge is 0.119 e. The fraction of sp³-hybridized carbons (Fsp3) is 0.412. The molecule has 1 heterocycles. The Balaban J connectivity index is 1.94. The predicted molar refractivity (Wildman–Crippen MR) is 86.8 cm³/mol. The van der Waals surface area contributed by atoms with Crippen LogP contribution in [-0.4, -0.2) is 13.2 Å². The highest BCUT2D eigenvalue weighted by Gasteiger charge is 2.11. The molecule has 1 aromatic carbocycles. The van der Waals surface area contributed by atoms with E-state index in [1.165, 1.54) is 15.3 Å². The molecule has 0 saturated carbocycles. The number of methoxy groups -OCH3 is 1. The molecular weight excluding hydrogens is 266 g/mol. The first kappa shape index (κ1) is 15.1. The third-order valence-electron chi connectivity index (χ3n) is 3.43. The van der Waals surface area contributed by atoms with Crippen LogP contribution in [0, 0.1) is 6.92 Å². The minimum absolute atomic E-state index is 0.321. The fourth-order valence-electron chi connectivity index (χ4n) is 2.39. The van der Waals surface area contributed by atoms with Gasteiger partial charge in [-0.1, -0.05) is 12.1 Å². The summed E-state index contributed by atoms with van der Waals surface area (Å²) in [6, 6.07) is 13.5. The molecule has 2 atom stereocenters. The van der Waals surface area contributed by atoms with Gasteiger partial charge in [0, 0.05) is 21.8 Å². The Morgan fingerprint density at radius 3 is 2.65 bits per heavy atom. The Labute approximate surface area is 125 Å². The van der Waals surface area contributed by atoms with Crippen molar-refractivity contribution in [3.63, 3.8) is 0 Å². The van der Waals surface area contributed by atoms with Crippen LogP contribution in [-0.2, 0) is 6.42 Å². The van der Waals surface area contributed by atoms with Crippen LogP contribution in [0.15, 0.2) is 36.4 Å². The van der Waals surface area contributed by atoms with Gasteiger partial charge >= 0.3 is 0 Å². The average Bonchev–Trinajstić information content (AvgIpc) is 2.83. The van der Waals surface area contributed by atoms with Gasteiger partial charge in [-0.2, -0.15) is 0 Å². The molecule has 3 heteroatoms. The number of rotatable bonds is 6. The number of thiophene rings is 1. The summed E-state index contributed by atoms with van der Waals surface area (Å²) in [4.78, 5) is 2.83. The molecule has 0 aliphatic rings. The molecule has 0 amide bonds. The quantitative estimate of drug-likeness (QED) is 0.853. The zero-order valence-electron chi connectivity index (χ0n) is 12.6. The molecule has 20 heavy (non-hydrogen) atoms. The molecule has 2 aromatic rings. The highest BCUT2D eigenvalue weighted by Crippen LogP contribution is 2.21. The lowest BCUT2D eigenvalue weighted by atomic mass is 10.1. The lowest BCUT2D eigenvalue weighted by Crippen LogP contribution is -2.30. The summed E-state index contributed by atoms with van der Waals surface area (Å²) in [6.45, 7) is 6.60. The Kier molecular flexibility index (Phi) is 5.21. The van der Waals surface area contributed by atoms with E-state index in [1.807, 2.05) is 23.5 Å². The van der Waals surface area contributed by atoms with Crippen molar-refractivity contribution in [2.45, 2.75) is 39.3 Å². The number of ether oxygens (including phenoxy) is 1. The second kappa shape index (κ2) is 6.91. The van der Waals surface area contributed by atoms with Crippen LogP contribution in [0.4, 0.5) is 0 Å². The summed E-state index contributed by atoms with van der Waals surface area (Å²) in [6.07, 6.45) is 1.08. The Hall–Kier alpha value is -1.32. The number of benzene rings is 1. The first-order valence-corrected chi connectivity index (χ1v) is 7.85. The molecule has 2 nitrogen and oxygen atoms in total. The van der Waals surface area contributed by atoms with Gasteiger partial charge in [-0.15, -0.1) is 11.3 Å². The van der Waals surface area contributed by atoms with Crippen molar-refractivity contribution in [2.24, 2.45) is 0 Å². The molecule has 0 radical (unpaired) electrons. The monoisotopic (exact) mass is 289 g/mol. The van der Waals surface area contributed by atoms with Gasteiger partial charge in [0.2, 0.25) is 0 Å². The SMILES string of the molecule is COc1cccc(C(C)NC(C)Cc2ccc(C)s2)c1. The van der Waals surface area contributed by atoms with E-state index in [4.69, 9.17) is 4.74 Å². The molecule has 0 saturated heterocycles. The van der Waals surface area contributed by atoms with E-state index in [0.717, 1.165) is 12.2 Å². The molecular formula is C17H23NOS. The van der Waals surface area contributed by atoms with Crippen molar-refractivity contribution in [1.29, 1.82) is 0 Å². The Morgan fingerprint density at radius 1 is 1.20 bits per heavy atom. The molecule has 0 fully saturated rings. The van der Waals surface area contributed by atoms with Crippen LogP contribution in [0.2, 0.25) is 0 Å². The van der Waals surface area contributed by atoms with Crippen LogP contribution >= 0.6 is 11.3 Å². The van der Waals surface area contributed by atoms with Gasteiger partial charge in [-0.05, 0) is 57.0 Å². The number of hydrogen-bond acceptors (Lipinski definition) is 3. The van der Waals surface area contributed by atoms with Gasteiger partial charge in [0.05, 0.1) is 7.11 Å². The Bertz CT molecular complexity index is 549. The molecule has 108 valence electrons. The maximum atomic E-state index is 5.28. The van der Waals surface area contributed by atoms with Crippen molar-refractivity contribution in [1.82, 2.24) is 5.32 Å². The maximum Gasteiger partial charge on any atom is 0.119 e. The van der Waals surface area contributed by atoms with E-state index >= 15 is 0 Å². The largest absolute Gasteiger partial charge is 0.497 e. The molecule has 0 bridgehead atoms. The van der Waals surface area contributed by atoms with Crippen LogP contribution < -0.4 is 10.1 Å². The summed E-state index contributed by atoms with van der Waals surface area (Å²) >= 11 is 1.89. The minimum Gasteiger partial charge on any atom is -0.497 e. The van der Waals surface area contributed by atoms with Crippen LogP contribution in [0.5, 0.6) is 5.75 Å². The number of nitrogens with one attached hydrogen (secondary N) is 1. The normalized spacial score (nSPS) is 14.0. The highest BCUT2D eigenvalue weighted by atomic mass is 32.1. The number of hydrogen-bond donors (Lipinski definition) is 1. The maximum absolute atomic E-state index is 5.28. The molecule has 0 spiro atoms. The van der Waals surface area contributed by atoms with E-state index in [-0.39, 0.29) is 0 Å². The predicted octanol–water partition coefficient (Wildman–Crippen LogP) is 4.35. The third-order valence-corrected chi connectivity index (χ3v) is 4.45. The standard InChI is InChI=1S/C17H23NOS/c1-12(10-17-9-8-13(2)20-17)18-14(3)15-6-5-7-16(11-15)19-4/h5-9,11-12,14,18H,10H2,1-4H3. The van der Waals surface area contributed by atoms with Gasteiger partial charge < -0.3 is 10.1 Å². The fourth-order valence-corrected chi connectivity index (χ4v) is 3.41. The number of aryl methyl sites for hydroxylation is 1. The summed E-state index contributed by atoms with van der Waals surface area (Å²) < 4.78 is 5.28. The summed E-state index contributed by atoms with van der Waals surface area (Å²) in [5.41, 5.74) is 1.26. The third kappa shape index (κ3) is 4.09. The van der Waals surface area contributed by atoms with E-state index in [2.05, 4.69) is 50.4 Å². The molecule has 1 aromatic heterocycles. The zero-order chi connectivity index (χ0) is 14.5. The summed E-state index contributed by atoms with van der Waals surface area (Å²) in [5, 5.41) is 3.66. The lowest BCUT2D eigenvalue weighted by molar-refractivity contribution is 0.412.